The Bertz CT molecular complexity index is 554. The van der Waals surface area contributed by atoms with Gasteiger partial charge in [-0.3, -0.25) is 0 Å². The van der Waals surface area contributed by atoms with Gasteiger partial charge < -0.3 is 5.32 Å². The number of sulfone groups is 1. The minimum absolute atomic E-state index is 0.0945. The van der Waals surface area contributed by atoms with Gasteiger partial charge in [-0.2, -0.15) is 0 Å². The first-order valence-electron chi connectivity index (χ1n) is 8.10. The summed E-state index contributed by atoms with van der Waals surface area (Å²) in [7, 11) is -3.26. The second kappa shape index (κ2) is 7.41. The highest BCUT2D eigenvalue weighted by molar-refractivity contribution is 7.92. The van der Waals surface area contributed by atoms with Crippen LogP contribution >= 0.6 is 0 Å². The summed E-state index contributed by atoms with van der Waals surface area (Å²) in [5, 5.41) is 3.19. The third-order valence-corrected chi connectivity index (χ3v) is 6.84. The summed E-state index contributed by atoms with van der Waals surface area (Å²) < 4.78 is 26.2. The maximum absolute atomic E-state index is 13.1. The Morgan fingerprint density at radius 3 is 2.57 bits per heavy atom. The van der Waals surface area contributed by atoms with Crippen LogP contribution in [0, 0.1) is 6.92 Å². The molecule has 1 aromatic carbocycles. The molecular weight excluding hydrogens is 282 g/mol. The fourth-order valence-corrected chi connectivity index (χ4v) is 5.50. The van der Waals surface area contributed by atoms with Crippen molar-refractivity contribution in [3.05, 3.63) is 29.8 Å². The van der Waals surface area contributed by atoms with E-state index in [0.29, 0.717) is 4.90 Å². The zero-order chi connectivity index (χ0) is 15.3. The Balaban J connectivity index is 2.32. The van der Waals surface area contributed by atoms with E-state index in [0.717, 1.165) is 50.6 Å². The van der Waals surface area contributed by atoms with Crippen molar-refractivity contribution in [1.82, 2.24) is 5.32 Å². The molecule has 2 rings (SSSR count). The maximum atomic E-state index is 13.1. The van der Waals surface area contributed by atoms with Crippen molar-refractivity contribution in [2.24, 2.45) is 0 Å². The lowest BCUT2D eigenvalue weighted by atomic mass is 10.1. The fraction of sp³-hybridized carbons (Fsp3) is 0.647. The van der Waals surface area contributed by atoms with E-state index in [1.165, 1.54) is 0 Å². The van der Waals surface area contributed by atoms with E-state index in [4.69, 9.17) is 0 Å². The van der Waals surface area contributed by atoms with Crippen LogP contribution in [0.1, 0.15) is 51.0 Å². The lowest BCUT2D eigenvalue weighted by Crippen LogP contribution is -2.44. The van der Waals surface area contributed by atoms with Gasteiger partial charge in [-0.25, -0.2) is 8.42 Å². The van der Waals surface area contributed by atoms with Crippen molar-refractivity contribution >= 4 is 9.84 Å². The van der Waals surface area contributed by atoms with Crippen LogP contribution < -0.4 is 5.32 Å². The molecule has 1 N–H and O–H groups in total. The second-order valence-corrected chi connectivity index (χ2v) is 8.18. The molecule has 21 heavy (non-hydrogen) atoms. The van der Waals surface area contributed by atoms with Crippen molar-refractivity contribution in [3.8, 4) is 0 Å². The van der Waals surface area contributed by atoms with Crippen LogP contribution in [0.25, 0.3) is 0 Å². The number of rotatable bonds is 5. The molecular formula is C17H27NO2S. The van der Waals surface area contributed by atoms with Gasteiger partial charge in [-0.15, -0.1) is 0 Å². The minimum atomic E-state index is -3.26. The first-order chi connectivity index (χ1) is 10.1. The molecule has 0 aliphatic heterocycles. The van der Waals surface area contributed by atoms with Crippen molar-refractivity contribution < 1.29 is 8.42 Å². The van der Waals surface area contributed by atoms with E-state index in [1.54, 1.807) is 6.07 Å². The monoisotopic (exact) mass is 309 g/mol. The summed E-state index contributed by atoms with van der Waals surface area (Å²) in [6.45, 7) is 4.90. The fourth-order valence-electron chi connectivity index (χ4n) is 3.25. The van der Waals surface area contributed by atoms with E-state index in [9.17, 15) is 8.42 Å². The summed E-state index contributed by atoms with van der Waals surface area (Å²) in [4.78, 5) is 0.514. The highest BCUT2D eigenvalue weighted by atomic mass is 32.2. The zero-order valence-corrected chi connectivity index (χ0v) is 14.0. The summed E-state index contributed by atoms with van der Waals surface area (Å²) >= 11 is 0. The van der Waals surface area contributed by atoms with Gasteiger partial charge in [0, 0.05) is 6.04 Å². The Kier molecular flexibility index (Phi) is 5.82. The molecule has 0 bridgehead atoms. The molecule has 0 saturated heterocycles. The SMILES string of the molecule is CCCNC1CCCCCC1S(=O)(=O)c1ccccc1C. The molecule has 1 aromatic rings. The largest absolute Gasteiger partial charge is 0.313 e. The second-order valence-electron chi connectivity index (χ2n) is 6.05. The van der Waals surface area contributed by atoms with E-state index in [1.807, 2.05) is 25.1 Å². The lowest BCUT2D eigenvalue weighted by molar-refractivity contribution is 0.450. The molecule has 0 radical (unpaired) electrons. The van der Waals surface area contributed by atoms with Crippen LogP contribution in [-0.2, 0) is 9.84 Å². The number of aryl methyl sites for hydroxylation is 1. The van der Waals surface area contributed by atoms with Crippen LogP contribution in [-0.4, -0.2) is 26.3 Å². The first-order valence-corrected chi connectivity index (χ1v) is 9.65. The molecule has 0 amide bonds. The topological polar surface area (TPSA) is 46.2 Å². The lowest BCUT2D eigenvalue weighted by Gasteiger charge is -2.26. The molecule has 0 spiro atoms. The zero-order valence-electron chi connectivity index (χ0n) is 13.1. The summed E-state index contributed by atoms with van der Waals surface area (Å²) in [6, 6.07) is 7.46. The van der Waals surface area contributed by atoms with Gasteiger partial charge in [0.2, 0.25) is 0 Å². The summed E-state index contributed by atoms with van der Waals surface area (Å²) in [5.41, 5.74) is 0.857. The average molecular weight is 309 g/mol. The Morgan fingerprint density at radius 2 is 1.86 bits per heavy atom. The number of hydrogen-bond donors (Lipinski definition) is 1. The van der Waals surface area contributed by atoms with Crippen molar-refractivity contribution in [2.75, 3.05) is 6.54 Å². The van der Waals surface area contributed by atoms with Gasteiger partial charge in [-0.1, -0.05) is 44.4 Å². The smallest absolute Gasteiger partial charge is 0.183 e. The van der Waals surface area contributed by atoms with E-state index >= 15 is 0 Å². The molecule has 1 saturated carbocycles. The van der Waals surface area contributed by atoms with Crippen LogP contribution in [0.15, 0.2) is 29.2 Å². The molecule has 118 valence electrons. The van der Waals surface area contributed by atoms with Crippen LogP contribution in [0.2, 0.25) is 0 Å². The van der Waals surface area contributed by atoms with Gasteiger partial charge in [0.15, 0.2) is 9.84 Å². The maximum Gasteiger partial charge on any atom is 0.183 e. The van der Waals surface area contributed by atoms with Gasteiger partial charge in [0.25, 0.3) is 0 Å². The summed E-state index contributed by atoms with van der Waals surface area (Å²) in [6.07, 6.45) is 6.06. The molecule has 2 atom stereocenters. The highest BCUT2D eigenvalue weighted by Crippen LogP contribution is 2.29. The molecule has 0 heterocycles. The summed E-state index contributed by atoms with van der Waals surface area (Å²) in [5.74, 6) is 0. The van der Waals surface area contributed by atoms with Gasteiger partial charge in [0.1, 0.15) is 0 Å². The minimum Gasteiger partial charge on any atom is -0.313 e. The Labute approximate surface area is 129 Å². The van der Waals surface area contributed by atoms with E-state index < -0.39 is 9.84 Å². The molecule has 0 aromatic heterocycles. The number of benzene rings is 1. The molecule has 3 nitrogen and oxygen atoms in total. The first kappa shape index (κ1) is 16.5. The number of nitrogens with one attached hydrogen (secondary N) is 1. The quantitative estimate of drug-likeness (QED) is 0.847. The Hall–Kier alpha value is -0.870. The molecule has 1 fully saturated rings. The molecule has 1 aliphatic carbocycles. The van der Waals surface area contributed by atoms with Crippen molar-refractivity contribution in [3.63, 3.8) is 0 Å². The standard InChI is InChI=1S/C17H27NO2S/c1-3-13-18-15-10-5-4-6-12-17(15)21(19,20)16-11-8-7-9-14(16)2/h7-9,11,15,17-18H,3-6,10,12-13H2,1-2H3. The van der Waals surface area contributed by atoms with Crippen LogP contribution in [0.4, 0.5) is 0 Å². The molecule has 1 aliphatic rings. The predicted molar refractivity (Wildman–Crippen MR) is 87.3 cm³/mol. The number of hydrogen-bond acceptors (Lipinski definition) is 3. The van der Waals surface area contributed by atoms with Gasteiger partial charge >= 0.3 is 0 Å². The van der Waals surface area contributed by atoms with E-state index in [2.05, 4.69) is 12.2 Å². The van der Waals surface area contributed by atoms with Crippen LogP contribution in [0.5, 0.6) is 0 Å². The average Bonchev–Trinajstić information content (AvgIpc) is 2.71. The van der Waals surface area contributed by atoms with Crippen molar-refractivity contribution in [2.45, 2.75) is 68.6 Å². The van der Waals surface area contributed by atoms with Crippen LogP contribution in [0.3, 0.4) is 0 Å². The molecule has 2 unspecified atom stereocenters. The van der Waals surface area contributed by atoms with Gasteiger partial charge in [0.05, 0.1) is 10.1 Å². The molecule has 4 heteroatoms. The highest BCUT2D eigenvalue weighted by Gasteiger charge is 2.35. The predicted octanol–water partition coefficient (Wildman–Crippen LogP) is 3.47. The Morgan fingerprint density at radius 1 is 1.14 bits per heavy atom. The van der Waals surface area contributed by atoms with Crippen molar-refractivity contribution in [1.29, 1.82) is 0 Å². The third kappa shape index (κ3) is 3.86. The van der Waals surface area contributed by atoms with Gasteiger partial charge in [-0.05, 0) is 44.4 Å². The third-order valence-electron chi connectivity index (χ3n) is 4.41. The normalized spacial score (nSPS) is 23.7. The van der Waals surface area contributed by atoms with E-state index in [-0.39, 0.29) is 11.3 Å².